The normalized spacial score (nSPS) is 12.5. The number of unbranched alkanes of at least 4 members (excludes halogenated alkanes) is 16. The second-order valence-electron chi connectivity index (χ2n) is 8.41. The van der Waals surface area contributed by atoms with E-state index in [1.54, 1.807) is 0 Å². The zero-order chi connectivity index (χ0) is 20.5. The summed E-state index contributed by atoms with van der Waals surface area (Å²) in [5.41, 5.74) is 0. The van der Waals surface area contributed by atoms with Gasteiger partial charge >= 0.3 is 0 Å². The van der Waals surface area contributed by atoms with Crippen molar-refractivity contribution in [2.75, 3.05) is 24.7 Å². The molecule has 170 valence electrons. The van der Waals surface area contributed by atoms with Crippen LogP contribution in [0.15, 0.2) is 0 Å². The highest BCUT2D eigenvalue weighted by atomic mass is 32.2. The topological polar surface area (TPSA) is 29.5 Å². The first kappa shape index (κ1) is 28.3. The van der Waals surface area contributed by atoms with Crippen LogP contribution in [-0.4, -0.2) is 35.9 Å². The highest BCUT2D eigenvalue weighted by Crippen LogP contribution is 2.14. The molecule has 0 radical (unpaired) electrons. The van der Waals surface area contributed by atoms with Crippen LogP contribution < -0.4 is 0 Å². The van der Waals surface area contributed by atoms with Crippen molar-refractivity contribution in [2.24, 2.45) is 0 Å². The van der Waals surface area contributed by atoms with Gasteiger partial charge in [0, 0.05) is 12.4 Å². The number of ether oxygens (including phenoxy) is 1. The molecule has 1 atom stereocenters. The molecule has 0 aliphatic rings. The molecule has 0 saturated heterocycles. The molecule has 0 aliphatic heterocycles. The molecule has 0 bridgehead atoms. The molecule has 1 N–H and O–H groups in total. The zero-order valence-electron chi connectivity index (χ0n) is 19.4. The monoisotopic (exact) mass is 416 g/mol. The van der Waals surface area contributed by atoms with Crippen molar-refractivity contribution in [2.45, 2.75) is 136 Å². The van der Waals surface area contributed by atoms with Crippen LogP contribution in [0.3, 0.4) is 0 Å². The Morgan fingerprint density at radius 2 is 1.04 bits per heavy atom. The average molecular weight is 417 g/mol. The quantitative estimate of drug-likeness (QED) is 0.161. The molecule has 28 heavy (non-hydrogen) atoms. The predicted octanol–water partition coefficient (Wildman–Crippen LogP) is 8.16. The summed E-state index contributed by atoms with van der Waals surface area (Å²) in [7, 11) is 0. The van der Waals surface area contributed by atoms with Crippen LogP contribution in [0.4, 0.5) is 0 Å². The summed E-state index contributed by atoms with van der Waals surface area (Å²) >= 11 is 1.96. The molecule has 3 heteroatoms. The Kier molecular flexibility index (Phi) is 25.6. The first-order valence-electron chi connectivity index (χ1n) is 12.6. The van der Waals surface area contributed by atoms with Gasteiger partial charge in [0.1, 0.15) is 0 Å². The third-order valence-electron chi connectivity index (χ3n) is 5.50. The molecule has 0 amide bonds. The smallest absolute Gasteiger partial charge is 0.0895 e. The number of hydrogen-bond acceptors (Lipinski definition) is 3. The standard InChI is InChI=1S/C25H52O2S/c1-3-5-7-9-11-13-14-16-18-20-22-28-24-25(23-26)27-21-19-17-15-12-10-8-6-4-2/h25-26H,3-24H2,1-2H3/t25-/m0/s1. The Hall–Kier alpha value is 0.270. The molecule has 0 aromatic rings. The van der Waals surface area contributed by atoms with Crippen molar-refractivity contribution in [1.29, 1.82) is 0 Å². The van der Waals surface area contributed by atoms with Gasteiger partial charge in [-0.05, 0) is 18.6 Å². The third-order valence-corrected chi connectivity index (χ3v) is 6.69. The van der Waals surface area contributed by atoms with E-state index in [4.69, 9.17) is 4.74 Å². The van der Waals surface area contributed by atoms with Gasteiger partial charge in [0.2, 0.25) is 0 Å². The van der Waals surface area contributed by atoms with Crippen LogP contribution in [0.5, 0.6) is 0 Å². The van der Waals surface area contributed by atoms with Crippen LogP contribution in [0, 0.1) is 0 Å². The SMILES string of the molecule is CCCCCCCCCCCCSC[C@H](CO)OCCCCCCCCCC. The van der Waals surface area contributed by atoms with Crippen molar-refractivity contribution in [3.63, 3.8) is 0 Å². The summed E-state index contributed by atoms with van der Waals surface area (Å²) < 4.78 is 5.87. The van der Waals surface area contributed by atoms with Gasteiger partial charge in [-0.1, -0.05) is 117 Å². The molecule has 0 rings (SSSR count). The van der Waals surface area contributed by atoms with E-state index in [-0.39, 0.29) is 12.7 Å². The third kappa shape index (κ3) is 22.6. The highest BCUT2D eigenvalue weighted by Gasteiger charge is 2.07. The van der Waals surface area contributed by atoms with Crippen molar-refractivity contribution >= 4 is 11.8 Å². The summed E-state index contributed by atoms with van der Waals surface area (Å²) in [6, 6.07) is 0. The summed E-state index contributed by atoms with van der Waals surface area (Å²) in [5, 5.41) is 9.49. The first-order valence-corrected chi connectivity index (χ1v) is 13.8. The lowest BCUT2D eigenvalue weighted by Gasteiger charge is -2.15. The van der Waals surface area contributed by atoms with E-state index in [1.807, 2.05) is 11.8 Å². The van der Waals surface area contributed by atoms with Crippen LogP contribution in [-0.2, 0) is 4.74 Å². The summed E-state index contributed by atoms with van der Waals surface area (Å²) in [4.78, 5) is 0. The Morgan fingerprint density at radius 1 is 0.607 bits per heavy atom. The van der Waals surface area contributed by atoms with E-state index in [0.717, 1.165) is 18.8 Å². The van der Waals surface area contributed by atoms with Crippen molar-refractivity contribution in [3.05, 3.63) is 0 Å². The number of thioether (sulfide) groups is 1. The molecular weight excluding hydrogens is 364 g/mol. The molecule has 0 unspecified atom stereocenters. The Labute approximate surface area is 182 Å². The van der Waals surface area contributed by atoms with Gasteiger partial charge in [0.05, 0.1) is 12.7 Å². The molecule has 0 aromatic carbocycles. The van der Waals surface area contributed by atoms with E-state index in [1.165, 1.54) is 115 Å². The minimum Gasteiger partial charge on any atom is -0.394 e. The van der Waals surface area contributed by atoms with Gasteiger partial charge in [-0.2, -0.15) is 11.8 Å². The van der Waals surface area contributed by atoms with E-state index in [0.29, 0.717) is 0 Å². The Morgan fingerprint density at radius 3 is 1.50 bits per heavy atom. The molecule has 2 nitrogen and oxygen atoms in total. The highest BCUT2D eigenvalue weighted by molar-refractivity contribution is 7.99. The number of aliphatic hydroxyl groups excluding tert-OH is 1. The molecule has 0 aliphatic carbocycles. The number of rotatable bonds is 24. The van der Waals surface area contributed by atoms with Crippen LogP contribution in [0.2, 0.25) is 0 Å². The number of aliphatic hydroxyl groups is 1. The van der Waals surface area contributed by atoms with Crippen LogP contribution in [0.1, 0.15) is 129 Å². The maximum Gasteiger partial charge on any atom is 0.0895 e. The maximum absolute atomic E-state index is 9.49. The minimum atomic E-state index is 0.0395. The van der Waals surface area contributed by atoms with Gasteiger partial charge in [0.15, 0.2) is 0 Å². The van der Waals surface area contributed by atoms with Crippen molar-refractivity contribution in [1.82, 2.24) is 0 Å². The van der Waals surface area contributed by atoms with Crippen molar-refractivity contribution in [3.8, 4) is 0 Å². The fourth-order valence-corrected chi connectivity index (χ4v) is 4.59. The largest absolute Gasteiger partial charge is 0.394 e. The fourth-order valence-electron chi connectivity index (χ4n) is 3.55. The summed E-state index contributed by atoms with van der Waals surface area (Å²) in [6.07, 6.45) is 24.7. The van der Waals surface area contributed by atoms with E-state index in [2.05, 4.69) is 13.8 Å². The molecule has 0 heterocycles. The fraction of sp³-hybridized carbons (Fsp3) is 1.00. The van der Waals surface area contributed by atoms with E-state index < -0.39 is 0 Å². The Balaban J connectivity index is 3.27. The molecule has 0 fully saturated rings. The van der Waals surface area contributed by atoms with E-state index >= 15 is 0 Å². The Bertz CT molecular complexity index is 273. The lowest BCUT2D eigenvalue weighted by atomic mass is 10.1. The van der Waals surface area contributed by atoms with Gasteiger partial charge in [-0.3, -0.25) is 0 Å². The van der Waals surface area contributed by atoms with Crippen LogP contribution in [0.25, 0.3) is 0 Å². The lowest BCUT2D eigenvalue weighted by molar-refractivity contribution is 0.0260. The van der Waals surface area contributed by atoms with Gasteiger partial charge in [0.25, 0.3) is 0 Å². The minimum absolute atomic E-state index is 0.0395. The second kappa shape index (κ2) is 25.3. The average Bonchev–Trinajstić information content (AvgIpc) is 2.71. The van der Waals surface area contributed by atoms with Crippen LogP contribution >= 0.6 is 11.8 Å². The second-order valence-corrected chi connectivity index (χ2v) is 9.56. The molecular formula is C25H52O2S. The van der Waals surface area contributed by atoms with Crippen molar-refractivity contribution < 1.29 is 9.84 Å². The number of hydrogen-bond donors (Lipinski definition) is 1. The van der Waals surface area contributed by atoms with Gasteiger partial charge in [-0.15, -0.1) is 0 Å². The maximum atomic E-state index is 9.49. The summed E-state index contributed by atoms with van der Waals surface area (Å²) in [6.45, 7) is 5.54. The molecule has 0 aromatic heterocycles. The molecule has 0 spiro atoms. The van der Waals surface area contributed by atoms with Gasteiger partial charge in [-0.25, -0.2) is 0 Å². The van der Waals surface area contributed by atoms with E-state index in [9.17, 15) is 5.11 Å². The summed E-state index contributed by atoms with van der Waals surface area (Å²) in [5.74, 6) is 2.17. The zero-order valence-corrected chi connectivity index (χ0v) is 20.2. The predicted molar refractivity (Wildman–Crippen MR) is 129 cm³/mol. The first-order chi connectivity index (χ1) is 13.8. The van der Waals surface area contributed by atoms with Gasteiger partial charge < -0.3 is 9.84 Å². The molecule has 0 saturated carbocycles. The lowest BCUT2D eigenvalue weighted by Crippen LogP contribution is -2.21.